The van der Waals surface area contributed by atoms with Crippen LogP contribution in [0.2, 0.25) is 5.02 Å². The molecule has 1 saturated carbocycles. The van der Waals surface area contributed by atoms with E-state index in [1.54, 1.807) is 13.1 Å². The Balaban J connectivity index is 1.52. The molecule has 1 aliphatic rings. The molecule has 8 heteroatoms. The Labute approximate surface area is 161 Å². The second kappa shape index (κ2) is 8.86. The van der Waals surface area contributed by atoms with Crippen molar-refractivity contribution in [3.63, 3.8) is 0 Å². The lowest BCUT2D eigenvalue weighted by Crippen LogP contribution is -2.28. The lowest BCUT2D eigenvalue weighted by Gasteiger charge is -2.18. The summed E-state index contributed by atoms with van der Waals surface area (Å²) in [7, 11) is 1.62. The largest absolute Gasteiger partial charge is 0.416 e. The van der Waals surface area contributed by atoms with E-state index >= 15 is 0 Å². The van der Waals surface area contributed by atoms with Crippen LogP contribution in [0.15, 0.2) is 27.8 Å². The van der Waals surface area contributed by atoms with E-state index in [9.17, 15) is 9.18 Å². The molecule has 26 heavy (non-hydrogen) atoms. The van der Waals surface area contributed by atoms with Crippen molar-refractivity contribution in [3.05, 3.63) is 40.5 Å². The molecule has 3 rings (SSSR count). The molecule has 1 aliphatic carbocycles. The van der Waals surface area contributed by atoms with Gasteiger partial charge in [-0.1, -0.05) is 48.7 Å². The highest BCUT2D eigenvalue weighted by atomic mass is 35.5. The molecular formula is C18H21ClFN3O2S. The number of amides is 1. The molecule has 0 N–H and O–H groups in total. The van der Waals surface area contributed by atoms with E-state index in [4.69, 9.17) is 16.0 Å². The molecule has 2 aromatic rings. The van der Waals surface area contributed by atoms with E-state index in [0.717, 1.165) is 12.8 Å². The molecule has 0 bridgehead atoms. The molecule has 1 fully saturated rings. The fraction of sp³-hybridized carbons (Fsp3) is 0.500. The van der Waals surface area contributed by atoms with Crippen molar-refractivity contribution in [1.82, 2.24) is 15.1 Å². The maximum atomic E-state index is 13.8. The molecule has 0 atom stereocenters. The average molecular weight is 398 g/mol. The van der Waals surface area contributed by atoms with Crippen molar-refractivity contribution in [2.75, 3.05) is 12.8 Å². The minimum Gasteiger partial charge on any atom is -0.416 e. The number of benzene rings is 1. The van der Waals surface area contributed by atoms with Crippen molar-refractivity contribution in [2.45, 2.75) is 49.8 Å². The number of carbonyl (C=O) groups excluding carboxylic acids is 1. The van der Waals surface area contributed by atoms with Crippen LogP contribution in [0.4, 0.5) is 4.39 Å². The van der Waals surface area contributed by atoms with Gasteiger partial charge in [0.25, 0.3) is 5.22 Å². The van der Waals surface area contributed by atoms with Crippen LogP contribution in [-0.2, 0) is 11.3 Å². The average Bonchev–Trinajstić information content (AvgIpc) is 3.12. The summed E-state index contributed by atoms with van der Waals surface area (Å²) < 4.78 is 19.5. The maximum Gasteiger partial charge on any atom is 0.277 e. The number of nitrogens with zero attached hydrogens (tertiary/aromatic N) is 3. The van der Waals surface area contributed by atoms with Gasteiger partial charge in [0.05, 0.1) is 5.75 Å². The van der Waals surface area contributed by atoms with E-state index in [1.165, 1.54) is 48.1 Å². The van der Waals surface area contributed by atoms with Gasteiger partial charge < -0.3 is 9.32 Å². The summed E-state index contributed by atoms with van der Waals surface area (Å²) in [6.07, 6.45) is 5.81. The Kier molecular flexibility index (Phi) is 6.53. The molecule has 0 radical (unpaired) electrons. The third-order valence-electron chi connectivity index (χ3n) is 4.58. The zero-order chi connectivity index (χ0) is 18.5. The monoisotopic (exact) mass is 397 g/mol. The molecule has 0 aliphatic heterocycles. The van der Waals surface area contributed by atoms with E-state index < -0.39 is 5.82 Å². The first-order valence-corrected chi connectivity index (χ1v) is 10.0. The smallest absolute Gasteiger partial charge is 0.277 e. The van der Waals surface area contributed by atoms with Crippen LogP contribution >= 0.6 is 23.4 Å². The number of carbonyl (C=O) groups is 1. The van der Waals surface area contributed by atoms with Gasteiger partial charge in [-0.3, -0.25) is 4.79 Å². The first-order chi connectivity index (χ1) is 12.5. The van der Waals surface area contributed by atoms with E-state index in [-0.39, 0.29) is 18.2 Å². The number of thioether (sulfide) groups is 1. The topological polar surface area (TPSA) is 59.2 Å². The molecule has 1 aromatic heterocycles. The van der Waals surface area contributed by atoms with Crippen LogP contribution in [-0.4, -0.2) is 33.8 Å². The van der Waals surface area contributed by atoms with Crippen LogP contribution in [0.3, 0.4) is 0 Å². The van der Waals surface area contributed by atoms with Crippen molar-refractivity contribution < 1.29 is 13.6 Å². The molecule has 0 saturated heterocycles. The van der Waals surface area contributed by atoms with E-state index in [0.29, 0.717) is 27.6 Å². The maximum absolute atomic E-state index is 13.8. The van der Waals surface area contributed by atoms with Crippen molar-refractivity contribution in [3.8, 4) is 0 Å². The lowest BCUT2D eigenvalue weighted by atomic mass is 9.89. The van der Waals surface area contributed by atoms with Gasteiger partial charge in [-0.15, -0.1) is 10.2 Å². The molecular weight excluding hydrogens is 377 g/mol. The predicted octanol–water partition coefficient (Wildman–Crippen LogP) is 4.66. The molecule has 0 unspecified atom stereocenters. The summed E-state index contributed by atoms with van der Waals surface area (Å²) in [4.78, 5) is 13.7. The zero-order valence-corrected chi connectivity index (χ0v) is 16.2. The van der Waals surface area contributed by atoms with Gasteiger partial charge in [0.1, 0.15) is 5.82 Å². The number of aromatic nitrogens is 2. The number of rotatable bonds is 6. The second-order valence-corrected chi connectivity index (χ2v) is 7.81. The number of hydrogen-bond donors (Lipinski definition) is 0. The molecule has 1 heterocycles. The minimum atomic E-state index is -0.418. The minimum absolute atomic E-state index is 0.113. The quantitative estimate of drug-likeness (QED) is 0.663. The first-order valence-electron chi connectivity index (χ1n) is 8.67. The number of hydrogen-bond acceptors (Lipinski definition) is 5. The standard InChI is InChI=1S/C18H21ClFN3O2S/c1-23(10-13-14(19)8-5-9-15(13)20)16(24)11-26-18-22-21-17(25-18)12-6-3-2-4-7-12/h5,8-9,12H,2-4,6-7,10-11H2,1H3. The summed E-state index contributed by atoms with van der Waals surface area (Å²) in [5, 5.41) is 8.86. The Hall–Kier alpha value is -1.60. The van der Waals surface area contributed by atoms with Crippen LogP contribution in [0.25, 0.3) is 0 Å². The van der Waals surface area contributed by atoms with Crippen molar-refractivity contribution in [2.24, 2.45) is 0 Å². The van der Waals surface area contributed by atoms with Crippen LogP contribution in [0.1, 0.15) is 49.5 Å². The molecule has 0 spiro atoms. The Morgan fingerprint density at radius 1 is 1.35 bits per heavy atom. The molecule has 140 valence electrons. The van der Waals surface area contributed by atoms with E-state index in [2.05, 4.69) is 10.2 Å². The summed E-state index contributed by atoms with van der Waals surface area (Å²) in [6, 6.07) is 4.48. The molecule has 5 nitrogen and oxygen atoms in total. The second-order valence-electron chi connectivity index (χ2n) is 6.48. The van der Waals surface area contributed by atoms with Crippen LogP contribution < -0.4 is 0 Å². The van der Waals surface area contributed by atoms with Gasteiger partial charge in [-0.25, -0.2) is 4.39 Å². The van der Waals surface area contributed by atoms with Gasteiger partial charge in [-0.05, 0) is 25.0 Å². The fourth-order valence-corrected chi connectivity index (χ4v) is 3.97. The van der Waals surface area contributed by atoms with Gasteiger partial charge >= 0.3 is 0 Å². The summed E-state index contributed by atoms with van der Waals surface area (Å²) >= 11 is 7.21. The van der Waals surface area contributed by atoms with E-state index in [1.807, 2.05) is 0 Å². The lowest BCUT2D eigenvalue weighted by molar-refractivity contribution is -0.127. The highest BCUT2D eigenvalue weighted by molar-refractivity contribution is 7.99. The SMILES string of the molecule is CN(Cc1c(F)cccc1Cl)C(=O)CSc1nnc(C2CCCCC2)o1. The first kappa shape index (κ1) is 19.2. The van der Waals surface area contributed by atoms with Crippen LogP contribution in [0, 0.1) is 5.82 Å². The Morgan fingerprint density at radius 3 is 2.85 bits per heavy atom. The Morgan fingerprint density at radius 2 is 2.12 bits per heavy atom. The van der Waals surface area contributed by atoms with Crippen molar-refractivity contribution in [1.29, 1.82) is 0 Å². The Bertz CT molecular complexity index is 744. The van der Waals surface area contributed by atoms with Crippen LogP contribution in [0.5, 0.6) is 0 Å². The van der Waals surface area contributed by atoms with Gasteiger partial charge in [0, 0.05) is 30.1 Å². The molecule has 1 aromatic carbocycles. The summed E-state index contributed by atoms with van der Waals surface area (Å²) in [5.41, 5.74) is 0.312. The summed E-state index contributed by atoms with van der Waals surface area (Å²) in [5.74, 6) is 0.582. The third kappa shape index (κ3) is 4.76. The highest BCUT2D eigenvalue weighted by Crippen LogP contribution is 2.33. The zero-order valence-electron chi connectivity index (χ0n) is 14.6. The highest BCUT2D eigenvalue weighted by Gasteiger charge is 2.22. The van der Waals surface area contributed by atoms with Gasteiger partial charge in [0.15, 0.2) is 0 Å². The molecule has 1 amide bonds. The van der Waals surface area contributed by atoms with Crippen molar-refractivity contribution >= 4 is 29.3 Å². The van der Waals surface area contributed by atoms with Gasteiger partial charge in [-0.2, -0.15) is 0 Å². The normalized spacial score (nSPS) is 15.2. The summed E-state index contributed by atoms with van der Waals surface area (Å²) in [6.45, 7) is 0.113. The third-order valence-corrected chi connectivity index (χ3v) is 5.74. The fourth-order valence-electron chi connectivity index (χ4n) is 3.04. The van der Waals surface area contributed by atoms with Gasteiger partial charge in [0.2, 0.25) is 11.8 Å². The number of halogens is 2. The predicted molar refractivity (Wildman–Crippen MR) is 98.7 cm³/mol.